The number of pyridine rings is 1. The Morgan fingerprint density at radius 1 is 1.35 bits per heavy atom. The van der Waals surface area contributed by atoms with Crippen LogP contribution in [0.3, 0.4) is 0 Å². The van der Waals surface area contributed by atoms with Gasteiger partial charge in [0.2, 0.25) is 0 Å². The van der Waals surface area contributed by atoms with Crippen LogP contribution in [0.4, 0.5) is 0 Å². The minimum Gasteiger partial charge on any atom is -0.493 e. The summed E-state index contributed by atoms with van der Waals surface area (Å²) in [5.41, 5.74) is 3.99. The van der Waals surface area contributed by atoms with Gasteiger partial charge in [-0.2, -0.15) is 0 Å². The van der Waals surface area contributed by atoms with Gasteiger partial charge >= 0.3 is 0 Å². The summed E-state index contributed by atoms with van der Waals surface area (Å²) in [5, 5.41) is 3.35. The molecular formula is C15H21N3OS. The summed E-state index contributed by atoms with van der Waals surface area (Å²) in [5.74, 6) is 0.878. The van der Waals surface area contributed by atoms with E-state index >= 15 is 0 Å². The van der Waals surface area contributed by atoms with E-state index in [0.717, 1.165) is 30.1 Å². The van der Waals surface area contributed by atoms with Crippen molar-refractivity contribution in [2.75, 3.05) is 6.61 Å². The van der Waals surface area contributed by atoms with Crippen LogP contribution in [0.1, 0.15) is 30.1 Å². The topological polar surface area (TPSA) is 47.0 Å². The molecular weight excluding hydrogens is 270 g/mol. The van der Waals surface area contributed by atoms with Crippen LogP contribution in [-0.2, 0) is 13.0 Å². The zero-order valence-electron chi connectivity index (χ0n) is 12.2. The van der Waals surface area contributed by atoms with E-state index in [1.165, 1.54) is 4.88 Å². The summed E-state index contributed by atoms with van der Waals surface area (Å²) >= 11 is 1.69. The van der Waals surface area contributed by atoms with Crippen LogP contribution in [0.5, 0.6) is 5.75 Å². The molecule has 2 aromatic rings. The van der Waals surface area contributed by atoms with Crippen LogP contribution in [0.25, 0.3) is 0 Å². The predicted molar refractivity (Wildman–Crippen MR) is 82.3 cm³/mol. The molecule has 0 bridgehead atoms. The predicted octanol–water partition coefficient (Wildman–Crippen LogP) is 2.97. The SMILES string of the molecule is Cc1ncsc1CCOc1ccnc(CNC(C)C)c1. The van der Waals surface area contributed by atoms with Crippen molar-refractivity contribution in [3.8, 4) is 5.75 Å². The van der Waals surface area contributed by atoms with Gasteiger partial charge in [-0.25, -0.2) is 4.98 Å². The molecule has 0 aromatic carbocycles. The van der Waals surface area contributed by atoms with Crippen LogP contribution in [0.15, 0.2) is 23.8 Å². The van der Waals surface area contributed by atoms with Gasteiger partial charge in [0.05, 0.1) is 23.5 Å². The van der Waals surface area contributed by atoms with E-state index in [1.807, 2.05) is 24.6 Å². The monoisotopic (exact) mass is 291 g/mol. The molecule has 1 N–H and O–H groups in total. The molecule has 4 nitrogen and oxygen atoms in total. The Labute approximate surface area is 124 Å². The average Bonchev–Trinajstić information content (AvgIpc) is 2.83. The summed E-state index contributed by atoms with van der Waals surface area (Å²) in [4.78, 5) is 9.87. The van der Waals surface area contributed by atoms with Crippen molar-refractivity contribution < 1.29 is 4.74 Å². The van der Waals surface area contributed by atoms with Gasteiger partial charge in [0, 0.05) is 36.1 Å². The number of thiazole rings is 1. The highest BCUT2D eigenvalue weighted by atomic mass is 32.1. The van der Waals surface area contributed by atoms with Crippen molar-refractivity contribution in [3.63, 3.8) is 0 Å². The van der Waals surface area contributed by atoms with E-state index in [4.69, 9.17) is 4.74 Å². The van der Waals surface area contributed by atoms with Crippen LogP contribution >= 0.6 is 11.3 Å². The fraction of sp³-hybridized carbons (Fsp3) is 0.467. The highest BCUT2D eigenvalue weighted by Gasteiger charge is 2.03. The highest BCUT2D eigenvalue weighted by Crippen LogP contribution is 2.15. The number of hydrogen-bond acceptors (Lipinski definition) is 5. The molecule has 0 aliphatic heterocycles. The molecule has 0 aliphatic carbocycles. The molecule has 108 valence electrons. The van der Waals surface area contributed by atoms with Gasteiger partial charge in [-0.1, -0.05) is 13.8 Å². The quantitative estimate of drug-likeness (QED) is 0.852. The number of hydrogen-bond donors (Lipinski definition) is 1. The molecule has 0 spiro atoms. The number of ether oxygens (including phenoxy) is 1. The zero-order valence-corrected chi connectivity index (χ0v) is 13.0. The number of nitrogens with zero attached hydrogens (tertiary/aromatic N) is 2. The largest absolute Gasteiger partial charge is 0.493 e. The van der Waals surface area contributed by atoms with Gasteiger partial charge in [-0.05, 0) is 13.0 Å². The molecule has 20 heavy (non-hydrogen) atoms. The standard InChI is InChI=1S/C15H21N3OS/c1-11(2)17-9-13-8-14(4-6-16-13)19-7-5-15-12(3)18-10-20-15/h4,6,8,10-11,17H,5,7,9H2,1-3H3. The second kappa shape index (κ2) is 7.36. The maximum Gasteiger partial charge on any atom is 0.122 e. The second-order valence-electron chi connectivity index (χ2n) is 4.98. The lowest BCUT2D eigenvalue weighted by Gasteiger charge is -2.09. The Kier molecular flexibility index (Phi) is 5.49. The van der Waals surface area contributed by atoms with E-state index in [0.29, 0.717) is 12.6 Å². The number of nitrogens with one attached hydrogen (secondary N) is 1. The summed E-state index contributed by atoms with van der Waals surface area (Å²) in [7, 11) is 0. The minimum absolute atomic E-state index is 0.454. The van der Waals surface area contributed by atoms with E-state index in [2.05, 4.69) is 29.1 Å². The molecule has 0 aliphatic rings. The summed E-state index contributed by atoms with van der Waals surface area (Å²) in [6.07, 6.45) is 2.70. The van der Waals surface area contributed by atoms with Crippen LogP contribution < -0.4 is 10.1 Å². The van der Waals surface area contributed by atoms with Gasteiger partial charge in [0.1, 0.15) is 5.75 Å². The molecule has 5 heteroatoms. The normalized spacial score (nSPS) is 11.0. The molecule has 0 amide bonds. The van der Waals surface area contributed by atoms with E-state index in [1.54, 1.807) is 17.5 Å². The zero-order chi connectivity index (χ0) is 14.4. The number of aromatic nitrogens is 2. The third-order valence-corrected chi connectivity index (χ3v) is 3.92. The van der Waals surface area contributed by atoms with Gasteiger partial charge < -0.3 is 10.1 Å². The van der Waals surface area contributed by atoms with Crippen molar-refractivity contribution >= 4 is 11.3 Å². The Hall–Kier alpha value is -1.46. The van der Waals surface area contributed by atoms with Crippen LogP contribution in [-0.4, -0.2) is 22.6 Å². The van der Waals surface area contributed by atoms with Crippen molar-refractivity contribution in [2.45, 2.75) is 39.8 Å². The van der Waals surface area contributed by atoms with Gasteiger partial charge in [-0.3, -0.25) is 4.98 Å². The lowest BCUT2D eigenvalue weighted by molar-refractivity contribution is 0.321. The van der Waals surface area contributed by atoms with E-state index < -0.39 is 0 Å². The molecule has 0 atom stereocenters. The Balaban J connectivity index is 1.83. The minimum atomic E-state index is 0.454. The number of rotatable bonds is 7. The lowest BCUT2D eigenvalue weighted by Crippen LogP contribution is -2.22. The highest BCUT2D eigenvalue weighted by molar-refractivity contribution is 7.09. The van der Waals surface area contributed by atoms with Gasteiger partial charge in [0.15, 0.2) is 0 Å². The van der Waals surface area contributed by atoms with Crippen LogP contribution in [0.2, 0.25) is 0 Å². The molecule has 2 heterocycles. The second-order valence-corrected chi connectivity index (χ2v) is 5.92. The first-order valence-corrected chi connectivity index (χ1v) is 7.73. The Morgan fingerprint density at radius 2 is 2.20 bits per heavy atom. The van der Waals surface area contributed by atoms with Gasteiger partial charge in [0.25, 0.3) is 0 Å². The first kappa shape index (κ1) is 14.9. The number of aryl methyl sites for hydroxylation is 1. The van der Waals surface area contributed by atoms with Gasteiger partial charge in [-0.15, -0.1) is 11.3 Å². The first-order chi connectivity index (χ1) is 9.65. The van der Waals surface area contributed by atoms with Crippen molar-refractivity contribution in [1.29, 1.82) is 0 Å². The first-order valence-electron chi connectivity index (χ1n) is 6.85. The van der Waals surface area contributed by atoms with Crippen molar-refractivity contribution in [1.82, 2.24) is 15.3 Å². The maximum atomic E-state index is 5.79. The van der Waals surface area contributed by atoms with E-state index in [-0.39, 0.29) is 0 Å². The summed E-state index contributed by atoms with van der Waals surface area (Å²) in [6, 6.07) is 4.35. The summed E-state index contributed by atoms with van der Waals surface area (Å²) < 4.78 is 5.79. The Bertz CT molecular complexity index is 539. The van der Waals surface area contributed by atoms with Crippen molar-refractivity contribution in [2.24, 2.45) is 0 Å². The third kappa shape index (κ3) is 4.58. The maximum absolute atomic E-state index is 5.79. The fourth-order valence-electron chi connectivity index (χ4n) is 1.78. The smallest absolute Gasteiger partial charge is 0.122 e. The summed E-state index contributed by atoms with van der Waals surface area (Å²) in [6.45, 7) is 7.72. The molecule has 0 saturated heterocycles. The molecule has 0 radical (unpaired) electrons. The third-order valence-electron chi connectivity index (χ3n) is 2.92. The molecule has 0 fully saturated rings. The van der Waals surface area contributed by atoms with Crippen molar-refractivity contribution in [3.05, 3.63) is 40.1 Å². The molecule has 2 aromatic heterocycles. The van der Waals surface area contributed by atoms with E-state index in [9.17, 15) is 0 Å². The molecule has 0 saturated carbocycles. The lowest BCUT2D eigenvalue weighted by atomic mass is 10.3. The molecule has 2 rings (SSSR count). The Morgan fingerprint density at radius 3 is 2.90 bits per heavy atom. The fourth-order valence-corrected chi connectivity index (χ4v) is 2.54. The molecule has 0 unspecified atom stereocenters. The average molecular weight is 291 g/mol. The van der Waals surface area contributed by atoms with Crippen LogP contribution in [0, 0.1) is 6.92 Å².